The van der Waals surface area contributed by atoms with Crippen LogP contribution in [-0.2, 0) is 6.42 Å². The third kappa shape index (κ3) is 3.28. The number of benzene rings is 1. The number of nitrogens with one attached hydrogen (secondary N) is 1. The number of ether oxygens (including phenoxy) is 3. The molecule has 21 heavy (non-hydrogen) atoms. The summed E-state index contributed by atoms with van der Waals surface area (Å²) in [6, 6.07) is 4.01. The van der Waals surface area contributed by atoms with Gasteiger partial charge >= 0.3 is 0 Å². The van der Waals surface area contributed by atoms with E-state index in [1.165, 1.54) is 4.88 Å². The second kappa shape index (κ2) is 7.28. The van der Waals surface area contributed by atoms with Gasteiger partial charge in [-0.1, -0.05) is 0 Å². The Balaban J connectivity index is 2.40. The minimum atomic E-state index is 0.111. The number of likely N-dealkylation sites (N-methyl/N-ethyl adjacent to an activating group) is 1. The highest BCUT2D eigenvalue weighted by atomic mass is 32.1. The molecule has 0 saturated heterocycles. The van der Waals surface area contributed by atoms with E-state index in [4.69, 9.17) is 14.2 Å². The van der Waals surface area contributed by atoms with Crippen molar-refractivity contribution in [3.05, 3.63) is 34.3 Å². The van der Waals surface area contributed by atoms with Crippen LogP contribution in [0.25, 0.3) is 0 Å². The minimum absolute atomic E-state index is 0.111. The highest BCUT2D eigenvalue weighted by Gasteiger charge is 2.22. The van der Waals surface area contributed by atoms with Crippen molar-refractivity contribution in [2.75, 3.05) is 28.4 Å². The Morgan fingerprint density at radius 3 is 2.43 bits per heavy atom. The molecular weight excluding hydrogens is 288 g/mol. The van der Waals surface area contributed by atoms with Gasteiger partial charge in [0.05, 0.1) is 26.8 Å². The van der Waals surface area contributed by atoms with E-state index in [-0.39, 0.29) is 6.04 Å². The molecule has 1 N–H and O–H groups in total. The number of hydrogen-bond acceptors (Lipinski definition) is 6. The van der Waals surface area contributed by atoms with E-state index in [2.05, 4.69) is 10.3 Å². The van der Waals surface area contributed by atoms with Crippen molar-refractivity contribution in [3.63, 3.8) is 0 Å². The standard InChI is InChI=1S/C15H20N2O3S/c1-16-12(7-10-8-17-9-21-10)11-5-6-13(18-2)15(20-4)14(11)19-3/h5-6,8-9,12,16H,7H2,1-4H3. The predicted octanol–water partition coefficient (Wildman–Crippen LogP) is 2.67. The average Bonchev–Trinajstić information content (AvgIpc) is 3.04. The molecule has 1 unspecified atom stereocenters. The molecule has 0 radical (unpaired) electrons. The molecule has 2 aromatic rings. The maximum absolute atomic E-state index is 5.55. The van der Waals surface area contributed by atoms with Crippen LogP contribution in [0.4, 0.5) is 0 Å². The van der Waals surface area contributed by atoms with E-state index in [0.717, 1.165) is 12.0 Å². The van der Waals surface area contributed by atoms with E-state index in [1.54, 1.807) is 32.7 Å². The van der Waals surface area contributed by atoms with E-state index >= 15 is 0 Å². The molecule has 0 aliphatic heterocycles. The first-order chi connectivity index (χ1) is 10.2. The highest BCUT2D eigenvalue weighted by Crippen LogP contribution is 2.42. The van der Waals surface area contributed by atoms with Crippen molar-refractivity contribution in [1.29, 1.82) is 0 Å². The number of aromatic nitrogens is 1. The summed E-state index contributed by atoms with van der Waals surface area (Å²) in [6.07, 6.45) is 2.73. The van der Waals surface area contributed by atoms with Gasteiger partial charge in [0.2, 0.25) is 5.75 Å². The Labute approximate surface area is 128 Å². The van der Waals surface area contributed by atoms with Crippen LogP contribution in [0.2, 0.25) is 0 Å². The zero-order valence-electron chi connectivity index (χ0n) is 12.7. The Kier molecular flexibility index (Phi) is 5.41. The fourth-order valence-electron chi connectivity index (χ4n) is 2.31. The third-order valence-corrected chi connectivity index (χ3v) is 4.15. The molecule has 1 atom stereocenters. The Hall–Kier alpha value is -1.79. The van der Waals surface area contributed by atoms with E-state index in [9.17, 15) is 0 Å². The lowest BCUT2D eigenvalue weighted by Gasteiger charge is -2.21. The van der Waals surface area contributed by atoms with Gasteiger partial charge in [0, 0.05) is 29.1 Å². The molecule has 1 aromatic carbocycles. The number of rotatable bonds is 7. The van der Waals surface area contributed by atoms with Crippen LogP contribution >= 0.6 is 11.3 Å². The molecule has 114 valence electrons. The number of hydrogen-bond donors (Lipinski definition) is 1. The second-order valence-electron chi connectivity index (χ2n) is 4.44. The van der Waals surface area contributed by atoms with Gasteiger partial charge in [-0.05, 0) is 19.2 Å². The first kappa shape index (κ1) is 15.6. The van der Waals surface area contributed by atoms with Crippen LogP contribution in [0.1, 0.15) is 16.5 Å². The molecule has 5 nitrogen and oxygen atoms in total. The van der Waals surface area contributed by atoms with Crippen LogP contribution in [0.5, 0.6) is 17.2 Å². The Bertz CT molecular complexity index is 573. The number of nitrogens with zero attached hydrogens (tertiary/aromatic N) is 1. The number of thiazole rings is 1. The van der Waals surface area contributed by atoms with Crippen LogP contribution in [0, 0.1) is 0 Å². The largest absolute Gasteiger partial charge is 0.493 e. The molecule has 0 saturated carbocycles. The zero-order chi connectivity index (χ0) is 15.2. The van der Waals surface area contributed by atoms with Crippen molar-refractivity contribution in [2.45, 2.75) is 12.5 Å². The molecule has 1 aromatic heterocycles. The van der Waals surface area contributed by atoms with E-state index in [1.807, 2.05) is 30.9 Å². The topological polar surface area (TPSA) is 52.6 Å². The zero-order valence-corrected chi connectivity index (χ0v) is 13.5. The molecule has 0 amide bonds. The quantitative estimate of drug-likeness (QED) is 0.852. The molecule has 0 bridgehead atoms. The van der Waals surface area contributed by atoms with Gasteiger partial charge in [0.1, 0.15) is 0 Å². The Morgan fingerprint density at radius 2 is 1.90 bits per heavy atom. The van der Waals surface area contributed by atoms with Gasteiger partial charge in [0.15, 0.2) is 11.5 Å². The summed E-state index contributed by atoms with van der Waals surface area (Å²) in [5, 5.41) is 3.32. The lowest BCUT2D eigenvalue weighted by Crippen LogP contribution is -2.19. The molecule has 1 heterocycles. The van der Waals surface area contributed by atoms with Crippen LogP contribution < -0.4 is 19.5 Å². The van der Waals surface area contributed by atoms with Crippen molar-refractivity contribution < 1.29 is 14.2 Å². The summed E-state index contributed by atoms with van der Waals surface area (Å²) in [5.41, 5.74) is 2.87. The van der Waals surface area contributed by atoms with Crippen molar-refractivity contribution in [1.82, 2.24) is 10.3 Å². The summed E-state index contributed by atoms with van der Waals surface area (Å²) >= 11 is 1.64. The van der Waals surface area contributed by atoms with Gasteiger partial charge in [-0.2, -0.15) is 0 Å². The predicted molar refractivity (Wildman–Crippen MR) is 83.7 cm³/mol. The minimum Gasteiger partial charge on any atom is -0.493 e. The fraction of sp³-hybridized carbons (Fsp3) is 0.400. The van der Waals surface area contributed by atoms with Gasteiger partial charge in [-0.25, -0.2) is 0 Å². The summed E-state index contributed by atoms with van der Waals surface area (Å²) in [7, 11) is 6.80. The van der Waals surface area contributed by atoms with Crippen LogP contribution in [0.15, 0.2) is 23.8 Å². The summed E-state index contributed by atoms with van der Waals surface area (Å²) in [5.74, 6) is 1.97. The monoisotopic (exact) mass is 308 g/mol. The van der Waals surface area contributed by atoms with Crippen molar-refractivity contribution in [3.8, 4) is 17.2 Å². The lowest BCUT2D eigenvalue weighted by molar-refractivity contribution is 0.319. The van der Waals surface area contributed by atoms with Gasteiger partial charge in [-0.3, -0.25) is 4.98 Å². The van der Waals surface area contributed by atoms with E-state index < -0.39 is 0 Å². The molecule has 0 aliphatic carbocycles. The molecule has 0 aliphatic rings. The first-order valence-electron chi connectivity index (χ1n) is 6.58. The summed E-state index contributed by atoms with van der Waals surface area (Å²) in [6.45, 7) is 0. The SMILES string of the molecule is CNC(Cc1cncs1)c1ccc(OC)c(OC)c1OC. The fourth-order valence-corrected chi connectivity index (χ4v) is 2.95. The van der Waals surface area contributed by atoms with Gasteiger partial charge in [0.25, 0.3) is 0 Å². The average molecular weight is 308 g/mol. The molecule has 6 heteroatoms. The first-order valence-corrected chi connectivity index (χ1v) is 7.46. The van der Waals surface area contributed by atoms with Crippen molar-refractivity contribution >= 4 is 11.3 Å². The van der Waals surface area contributed by atoms with E-state index in [0.29, 0.717) is 17.2 Å². The van der Waals surface area contributed by atoms with Crippen LogP contribution in [0.3, 0.4) is 0 Å². The normalized spacial score (nSPS) is 12.0. The molecule has 0 spiro atoms. The summed E-state index contributed by atoms with van der Waals surface area (Å²) < 4.78 is 16.3. The molecule has 2 rings (SSSR count). The van der Waals surface area contributed by atoms with Gasteiger partial charge < -0.3 is 19.5 Å². The smallest absolute Gasteiger partial charge is 0.203 e. The summed E-state index contributed by atoms with van der Waals surface area (Å²) in [4.78, 5) is 5.34. The van der Waals surface area contributed by atoms with Crippen molar-refractivity contribution in [2.24, 2.45) is 0 Å². The maximum atomic E-state index is 5.55. The molecule has 0 fully saturated rings. The highest BCUT2D eigenvalue weighted by molar-refractivity contribution is 7.09. The van der Waals surface area contributed by atoms with Gasteiger partial charge in [-0.15, -0.1) is 11.3 Å². The second-order valence-corrected chi connectivity index (χ2v) is 5.41. The number of methoxy groups -OCH3 is 3. The maximum Gasteiger partial charge on any atom is 0.203 e. The molecular formula is C15H20N2O3S. The lowest BCUT2D eigenvalue weighted by atomic mass is 10.0. The Morgan fingerprint density at radius 1 is 1.14 bits per heavy atom. The van der Waals surface area contributed by atoms with Crippen LogP contribution in [-0.4, -0.2) is 33.4 Å². The third-order valence-electron chi connectivity index (χ3n) is 3.35.